The number of methoxy groups -OCH3 is 1. The molecule has 14 heavy (non-hydrogen) atoms. The third-order valence-corrected chi connectivity index (χ3v) is 2.67. The standard InChI is InChI=1S/C10H15N3O/c1-14-8-10(4-2-5-10)13-9-11-6-3-7-12-9/h3,6-7H,2,4-5,8H2,1H3,(H,11,12,13). The van der Waals surface area contributed by atoms with Crippen LogP contribution in [0.2, 0.25) is 0 Å². The summed E-state index contributed by atoms with van der Waals surface area (Å²) in [6.45, 7) is 0.727. The number of nitrogens with one attached hydrogen (secondary N) is 1. The van der Waals surface area contributed by atoms with Crippen molar-refractivity contribution in [3.63, 3.8) is 0 Å². The van der Waals surface area contributed by atoms with Gasteiger partial charge < -0.3 is 10.1 Å². The molecule has 0 atom stereocenters. The molecule has 0 amide bonds. The van der Waals surface area contributed by atoms with Crippen LogP contribution in [0.15, 0.2) is 18.5 Å². The summed E-state index contributed by atoms with van der Waals surface area (Å²) in [6.07, 6.45) is 7.02. The Kier molecular flexibility index (Phi) is 2.63. The molecule has 0 radical (unpaired) electrons. The Hall–Kier alpha value is -1.16. The number of anilines is 1. The van der Waals surface area contributed by atoms with Crippen LogP contribution in [0.4, 0.5) is 5.95 Å². The first kappa shape index (κ1) is 9.40. The maximum Gasteiger partial charge on any atom is 0.223 e. The maximum atomic E-state index is 5.20. The largest absolute Gasteiger partial charge is 0.382 e. The van der Waals surface area contributed by atoms with Gasteiger partial charge in [0.1, 0.15) is 0 Å². The SMILES string of the molecule is COCC1(Nc2ncccn2)CCC1. The summed E-state index contributed by atoms with van der Waals surface area (Å²) in [5, 5.41) is 3.35. The topological polar surface area (TPSA) is 47.0 Å². The van der Waals surface area contributed by atoms with E-state index in [1.807, 2.05) is 6.07 Å². The summed E-state index contributed by atoms with van der Waals surface area (Å²) >= 11 is 0. The number of nitrogens with zero attached hydrogens (tertiary/aromatic N) is 2. The van der Waals surface area contributed by atoms with Gasteiger partial charge in [0.05, 0.1) is 12.1 Å². The van der Waals surface area contributed by atoms with E-state index in [1.165, 1.54) is 6.42 Å². The lowest BCUT2D eigenvalue weighted by Crippen LogP contribution is -2.49. The average molecular weight is 193 g/mol. The number of hydrogen-bond acceptors (Lipinski definition) is 4. The van der Waals surface area contributed by atoms with Crippen molar-refractivity contribution in [2.75, 3.05) is 19.0 Å². The van der Waals surface area contributed by atoms with Crippen LogP contribution >= 0.6 is 0 Å². The Morgan fingerprint density at radius 1 is 1.43 bits per heavy atom. The summed E-state index contributed by atoms with van der Waals surface area (Å²) in [4.78, 5) is 8.30. The minimum absolute atomic E-state index is 0.0795. The van der Waals surface area contributed by atoms with Gasteiger partial charge in [-0.05, 0) is 25.3 Å². The van der Waals surface area contributed by atoms with Gasteiger partial charge in [-0.3, -0.25) is 0 Å². The van der Waals surface area contributed by atoms with Gasteiger partial charge in [0, 0.05) is 19.5 Å². The fraction of sp³-hybridized carbons (Fsp3) is 0.600. The molecular formula is C10H15N3O. The molecule has 76 valence electrons. The molecule has 0 aliphatic heterocycles. The van der Waals surface area contributed by atoms with Crippen LogP contribution in [0, 0.1) is 0 Å². The average Bonchev–Trinajstić information content (AvgIpc) is 2.16. The summed E-state index contributed by atoms with van der Waals surface area (Å²) in [5.41, 5.74) is 0.0795. The van der Waals surface area contributed by atoms with E-state index >= 15 is 0 Å². The number of ether oxygens (including phenoxy) is 1. The minimum Gasteiger partial charge on any atom is -0.382 e. The fourth-order valence-electron chi connectivity index (χ4n) is 1.79. The Morgan fingerprint density at radius 3 is 2.64 bits per heavy atom. The molecule has 1 fully saturated rings. The number of hydrogen-bond donors (Lipinski definition) is 1. The lowest BCUT2D eigenvalue weighted by Gasteiger charge is -2.41. The molecule has 2 rings (SSSR count). The number of aromatic nitrogens is 2. The van der Waals surface area contributed by atoms with E-state index in [0.29, 0.717) is 5.95 Å². The van der Waals surface area contributed by atoms with Gasteiger partial charge in [-0.2, -0.15) is 0 Å². The Bertz CT molecular complexity index is 285. The smallest absolute Gasteiger partial charge is 0.223 e. The zero-order valence-corrected chi connectivity index (χ0v) is 8.36. The van der Waals surface area contributed by atoms with Crippen LogP contribution in [0.25, 0.3) is 0 Å². The highest BCUT2D eigenvalue weighted by Crippen LogP contribution is 2.34. The monoisotopic (exact) mass is 193 g/mol. The Balaban J connectivity index is 2.01. The van der Waals surface area contributed by atoms with Crippen LogP contribution in [0.5, 0.6) is 0 Å². The molecule has 4 heteroatoms. The molecule has 1 saturated carbocycles. The first-order chi connectivity index (χ1) is 6.85. The molecule has 4 nitrogen and oxygen atoms in total. The predicted octanol–water partition coefficient (Wildman–Crippen LogP) is 1.46. The first-order valence-corrected chi connectivity index (χ1v) is 4.89. The molecule has 0 spiro atoms. The molecule has 1 aliphatic rings. The van der Waals surface area contributed by atoms with Gasteiger partial charge in [0.2, 0.25) is 5.95 Å². The third kappa shape index (κ3) is 1.85. The van der Waals surface area contributed by atoms with Crippen LogP contribution in [0.1, 0.15) is 19.3 Å². The lowest BCUT2D eigenvalue weighted by atomic mass is 9.77. The van der Waals surface area contributed by atoms with E-state index in [1.54, 1.807) is 19.5 Å². The summed E-state index contributed by atoms with van der Waals surface area (Å²) in [5.74, 6) is 0.698. The van der Waals surface area contributed by atoms with Crippen LogP contribution in [-0.4, -0.2) is 29.2 Å². The third-order valence-electron chi connectivity index (χ3n) is 2.67. The van der Waals surface area contributed by atoms with Crippen LogP contribution in [0.3, 0.4) is 0 Å². The molecular weight excluding hydrogens is 178 g/mol. The molecule has 1 aromatic heterocycles. The lowest BCUT2D eigenvalue weighted by molar-refractivity contribution is 0.0978. The predicted molar refractivity (Wildman–Crippen MR) is 54.1 cm³/mol. The molecule has 0 unspecified atom stereocenters. The molecule has 0 aromatic carbocycles. The highest BCUT2D eigenvalue weighted by atomic mass is 16.5. The van der Waals surface area contributed by atoms with Gasteiger partial charge in [0.15, 0.2) is 0 Å². The first-order valence-electron chi connectivity index (χ1n) is 4.89. The maximum absolute atomic E-state index is 5.20. The zero-order valence-electron chi connectivity index (χ0n) is 8.36. The van der Waals surface area contributed by atoms with Crippen molar-refractivity contribution in [2.45, 2.75) is 24.8 Å². The van der Waals surface area contributed by atoms with Gasteiger partial charge >= 0.3 is 0 Å². The quantitative estimate of drug-likeness (QED) is 0.786. The molecule has 1 aliphatic carbocycles. The van der Waals surface area contributed by atoms with Crippen molar-refractivity contribution < 1.29 is 4.74 Å². The Morgan fingerprint density at radius 2 is 2.14 bits per heavy atom. The van der Waals surface area contributed by atoms with Crippen molar-refractivity contribution in [1.82, 2.24) is 9.97 Å². The Labute approximate surface area is 83.7 Å². The summed E-state index contributed by atoms with van der Waals surface area (Å²) < 4.78 is 5.20. The van der Waals surface area contributed by atoms with Crippen LogP contribution in [-0.2, 0) is 4.74 Å². The van der Waals surface area contributed by atoms with E-state index in [2.05, 4.69) is 15.3 Å². The molecule has 0 bridgehead atoms. The van der Waals surface area contributed by atoms with Crippen molar-refractivity contribution in [3.8, 4) is 0 Å². The van der Waals surface area contributed by atoms with Crippen molar-refractivity contribution in [1.29, 1.82) is 0 Å². The van der Waals surface area contributed by atoms with Crippen molar-refractivity contribution in [2.24, 2.45) is 0 Å². The van der Waals surface area contributed by atoms with E-state index in [4.69, 9.17) is 4.74 Å². The summed E-state index contributed by atoms with van der Waals surface area (Å²) in [7, 11) is 1.73. The normalized spacial score (nSPS) is 18.6. The van der Waals surface area contributed by atoms with Crippen molar-refractivity contribution >= 4 is 5.95 Å². The van der Waals surface area contributed by atoms with Crippen molar-refractivity contribution in [3.05, 3.63) is 18.5 Å². The highest BCUT2D eigenvalue weighted by molar-refractivity contribution is 5.30. The van der Waals surface area contributed by atoms with E-state index in [0.717, 1.165) is 19.4 Å². The highest BCUT2D eigenvalue weighted by Gasteiger charge is 2.37. The van der Waals surface area contributed by atoms with E-state index in [9.17, 15) is 0 Å². The van der Waals surface area contributed by atoms with Gasteiger partial charge in [-0.1, -0.05) is 0 Å². The molecule has 0 saturated heterocycles. The molecule has 1 aromatic rings. The van der Waals surface area contributed by atoms with Gasteiger partial charge in [0.25, 0.3) is 0 Å². The fourth-order valence-corrected chi connectivity index (χ4v) is 1.79. The summed E-state index contributed by atoms with van der Waals surface area (Å²) in [6, 6.07) is 1.81. The van der Waals surface area contributed by atoms with E-state index in [-0.39, 0.29) is 5.54 Å². The number of rotatable bonds is 4. The molecule has 1 heterocycles. The van der Waals surface area contributed by atoms with Gasteiger partial charge in [-0.25, -0.2) is 9.97 Å². The van der Waals surface area contributed by atoms with Gasteiger partial charge in [-0.15, -0.1) is 0 Å². The van der Waals surface area contributed by atoms with Crippen LogP contribution < -0.4 is 5.32 Å². The minimum atomic E-state index is 0.0795. The second-order valence-electron chi connectivity index (χ2n) is 3.76. The molecule has 1 N–H and O–H groups in total. The zero-order chi connectivity index (χ0) is 9.86. The second-order valence-corrected chi connectivity index (χ2v) is 3.76. The van der Waals surface area contributed by atoms with E-state index < -0.39 is 0 Å². The second kappa shape index (κ2) is 3.92.